The Morgan fingerprint density at radius 1 is 1.18 bits per heavy atom. The number of hydrogen-bond acceptors (Lipinski definition) is 2. The maximum atomic E-state index is 12.0. The summed E-state index contributed by atoms with van der Waals surface area (Å²) in [6.45, 7) is 4.02. The van der Waals surface area contributed by atoms with Gasteiger partial charge >= 0.3 is 6.03 Å². The summed E-state index contributed by atoms with van der Waals surface area (Å²) in [5, 5.41) is 2.80. The van der Waals surface area contributed by atoms with E-state index in [1.807, 2.05) is 44.2 Å². The summed E-state index contributed by atoms with van der Waals surface area (Å²) in [7, 11) is 0. The molecule has 1 heterocycles. The molecule has 0 spiro atoms. The quantitative estimate of drug-likeness (QED) is 0.844. The third-order valence-electron chi connectivity index (χ3n) is 3.19. The van der Waals surface area contributed by atoms with Gasteiger partial charge in [0.1, 0.15) is 0 Å². The lowest BCUT2D eigenvalue weighted by Gasteiger charge is -2.34. The monoisotopic (exact) mass is 232 g/mol. The fraction of sp³-hybridized carbons (Fsp3) is 0.385. The molecule has 1 aliphatic heterocycles. The molecule has 17 heavy (non-hydrogen) atoms. The van der Waals surface area contributed by atoms with Crippen molar-refractivity contribution < 1.29 is 9.59 Å². The maximum absolute atomic E-state index is 12.0. The van der Waals surface area contributed by atoms with E-state index in [-0.39, 0.29) is 23.9 Å². The molecule has 1 aromatic carbocycles. The van der Waals surface area contributed by atoms with Crippen LogP contribution in [0.2, 0.25) is 0 Å². The van der Waals surface area contributed by atoms with E-state index in [9.17, 15) is 9.59 Å². The van der Waals surface area contributed by atoms with Gasteiger partial charge in [-0.3, -0.25) is 9.69 Å². The van der Waals surface area contributed by atoms with Crippen LogP contribution in [-0.4, -0.2) is 22.9 Å². The molecule has 4 heteroatoms. The largest absolute Gasteiger partial charge is 0.334 e. The van der Waals surface area contributed by atoms with Crippen LogP contribution in [0.1, 0.15) is 19.4 Å². The standard InChI is InChI=1S/C13H16N2O2/c1-9-10(2)14-13(17)15(12(9)16)8-11-6-4-3-5-7-11/h3-7,9-10H,8H2,1-2H3,(H,14,17). The van der Waals surface area contributed by atoms with Gasteiger partial charge < -0.3 is 5.32 Å². The second-order valence-corrected chi connectivity index (χ2v) is 4.44. The molecule has 0 aliphatic carbocycles. The molecule has 1 saturated heterocycles. The van der Waals surface area contributed by atoms with E-state index in [0.29, 0.717) is 6.54 Å². The van der Waals surface area contributed by atoms with Crippen LogP contribution in [0.3, 0.4) is 0 Å². The first kappa shape index (κ1) is 11.6. The minimum Gasteiger partial charge on any atom is -0.334 e. The molecule has 2 rings (SSSR count). The molecule has 2 unspecified atom stereocenters. The van der Waals surface area contributed by atoms with Gasteiger partial charge in [0.15, 0.2) is 0 Å². The van der Waals surface area contributed by atoms with Crippen molar-refractivity contribution in [1.29, 1.82) is 0 Å². The number of hydrogen-bond donors (Lipinski definition) is 1. The number of carbonyl (C=O) groups is 2. The van der Waals surface area contributed by atoms with E-state index < -0.39 is 0 Å². The number of imide groups is 1. The number of nitrogens with one attached hydrogen (secondary N) is 1. The highest BCUT2D eigenvalue weighted by Gasteiger charge is 2.35. The van der Waals surface area contributed by atoms with Gasteiger partial charge in [-0.1, -0.05) is 37.3 Å². The molecule has 1 fully saturated rings. The third kappa shape index (κ3) is 2.30. The zero-order valence-electron chi connectivity index (χ0n) is 10.0. The lowest BCUT2D eigenvalue weighted by atomic mass is 9.99. The molecule has 1 aliphatic rings. The molecular formula is C13H16N2O2. The van der Waals surface area contributed by atoms with E-state index in [1.54, 1.807) is 0 Å². The maximum Gasteiger partial charge on any atom is 0.324 e. The summed E-state index contributed by atoms with van der Waals surface area (Å²) in [5.41, 5.74) is 0.956. The first-order valence-corrected chi connectivity index (χ1v) is 5.75. The molecule has 4 nitrogen and oxygen atoms in total. The molecule has 90 valence electrons. The van der Waals surface area contributed by atoms with Crippen molar-refractivity contribution in [3.63, 3.8) is 0 Å². The predicted molar refractivity (Wildman–Crippen MR) is 64.1 cm³/mol. The molecule has 1 N–H and O–H groups in total. The fourth-order valence-electron chi connectivity index (χ4n) is 1.87. The zero-order valence-corrected chi connectivity index (χ0v) is 10.0. The van der Waals surface area contributed by atoms with Crippen LogP contribution in [0.15, 0.2) is 30.3 Å². The minimum absolute atomic E-state index is 0.0953. The second-order valence-electron chi connectivity index (χ2n) is 4.44. The van der Waals surface area contributed by atoms with Gasteiger partial charge in [-0.2, -0.15) is 0 Å². The van der Waals surface area contributed by atoms with Gasteiger partial charge in [-0.15, -0.1) is 0 Å². The normalized spacial score (nSPS) is 24.7. The Kier molecular flexibility index (Phi) is 3.13. The summed E-state index contributed by atoms with van der Waals surface area (Å²) in [6.07, 6.45) is 0. The summed E-state index contributed by atoms with van der Waals surface area (Å²) in [5.74, 6) is -0.276. The number of rotatable bonds is 2. The van der Waals surface area contributed by atoms with Gasteiger partial charge in [-0.25, -0.2) is 4.79 Å². The van der Waals surface area contributed by atoms with Gasteiger partial charge in [0.05, 0.1) is 12.5 Å². The molecular weight excluding hydrogens is 216 g/mol. The van der Waals surface area contributed by atoms with E-state index in [1.165, 1.54) is 4.90 Å². The summed E-state index contributed by atoms with van der Waals surface area (Å²) >= 11 is 0. The van der Waals surface area contributed by atoms with Crippen LogP contribution in [0.5, 0.6) is 0 Å². The van der Waals surface area contributed by atoms with Crippen molar-refractivity contribution in [2.24, 2.45) is 5.92 Å². The molecule has 0 radical (unpaired) electrons. The highest BCUT2D eigenvalue weighted by molar-refractivity contribution is 5.98. The van der Waals surface area contributed by atoms with Crippen LogP contribution in [0.4, 0.5) is 4.79 Å². The van der Waals surface area contributed by atoms with Crippen molar-refractivity contribution in [3.05, 3.63) is 35.9 Å². The highest BCUT2D eigenvalue weighted by Crippen LogP contribution is 2.16. The predicted octanol–water partition coefficient (Wildman–Crippen LogP) is 1.76. The molecule has 1 aromatic rings. The topological polar surface area (TPSA) is 49.4 Å². The van der Waals surface area contributed by atoms with E-state index in [0.717, 1.165) is 5.56 Å². The van der Waals surface area contributed by atoms with Crippen molar-refractivity contribution >= 4 is 11.9 Å². The smallest absolute Gasteiger partial charge is 0.324 e. The zero-order chi connectivity index (χ0) is 12.4. The van der Waals surface area contributed by atoms with Crippen LogP contribution in [0, 0.1) is 5.92 Å². The van der Waals surface area contributed by atoms with Gasteiger partial charge in [0, 0.05) is 6.04 Å². The average molecular weight is 232 g/mol. The van der Waals surface area contributed by atoms with E-state index in [4.69, 9.17) is 0 Å². The van der Waals surface area contributed by atoms with E-state index >= 15 is 0 Å². The first-order valence-electron chi connectivity index (χ1n) is 5.75. The number of amides is 3. The number of benzene rings is 1. The lowest BCUT2D eigenvalue weighted by Crippen LogP contribution is -2.57. The number of urea groups is 1. The van der Waals surface area contributed by atoms with Crippen LogP contribution >= 0.6 is 0 Å². The Morgan fingerprint density at radius 2 is 1.82 bits per heavy atom. The van der Waals surface area contributed by atoms with Crippen molar-refractivity contribution in [2.75, 3.05) is 0 Å². The van der Waals surface area contributed by atoms with Crippen molar-refractivity contribution in [1.82, 2.24) is 10.2 Å². The Hall–Kier alpha value is -1.84. The summed E-state index contributed by atoms with van der Waals surface area (Å²) < 4.78 is 0. The van der Waals surface area contributed by atoms with Gasteiger partial charge in [0.25, 0.3) is 0 Å². The average Bonchev–Trinajstić information content (AvgIpc) is 2.33. The van der Waals surface area contributed by atoms with Gasteiger partial charge in [-0.05, 0) is 12.5 Å². The number of carbonyl (C=O) groups excluding carboxylic acids is 2. The van der Waals surface area contributed by atoms with Gasteiger partial charge in [0.2, 0.25) is 5.91 Å². The minimum atomic E-state index is -0.301. The second kappa shape index (κ2) is 4.57. The van der Waals surface area contributed by atoms with E-state index in [2.05, 4.69) is 5.32 Å². The molecule has 0 saturated carbocycles. The molecule has 2 atom stereocenters. The Morgan fingerprint density at radius 3 is 2.47 bits per heavy atom. The van der Waals surface area contributed by atoms with Crippen LogP contribution in [-0.2, 0) is 11.3 Å². The first-order chi connectivity index (χ1) is 8.09. The SMILES string of the molecule is CC1NC(=O)N(Cc2ccccc2)C(=O)C1C. The molecule has 3 amide bonds. The summed E-state index contributed by atoms with van der Waals surface area (Å²) in [6, 6.07) is 9.12. The fourth-order valence-corrected chi connectivity index (χ4v) is 1.87. The highest BCUT2D eigenvalue weighted by atomic mass is 16.2. The third-order valence-corrected chi connectivity index (χ3v) is 3.19. The Labute approximate surface area is 101 Å². The van der Waals surface area contributed by atoms with Crippen LogP contribution < -0.4 is 5.32 Å². The Balaban J connectivity index is 2.15. The Bertz CT molecular complexity index is 430. The molecule has 0 bridgehead atoms. The number of nitrogens with zero attached hydrogens (tertiary/aromatic N) is 1. The van der Waals surface area contributed by atoms with Crippen molar-refractivity contribution in [3.8, 4) is 0 Å². The van der Waals surface area contributed by atoms with Crippen LogP contribution in [0.25, 0.3) is 0 Å². The van der Waals surface area contributed by atoms with Crippen molar-refractivity contribution in [2.45, 2.75) is 26.4 Å². The molecule has 0 aromatic heterocycles. The summed E-state index contributed by atoms with van der Waals surface area (Å²) in [4.78, 5) is 25.1. The lowest BCUT2D eigenvalue weighted by molar-refractivity contribution is -0.134.